The number of furan rings is 1. The summed E-state index contributed by atoms with van der Waals surface area (Å²) in [6, 6.07) is 66.0. The topological polar surface area (TPSA) is 13.1 Å². The van der Waals surface area contributed by atoms with Gasteiger partial charge in [-0.3, -0.25) is 0 Å². The zero-order valence-electron chi connectivity index (χ0n) is 28.1. The highest BCUT2D eigenvalue weighted by molar-refractivity contribution is 7.26. The molecular weight excluding hydrogens is 649 g/mol. The molecule has 0 aliphatic rings. The van der Waals surface area contributed by atoms with E-state index in [4.69, 9.17) is 4.42 Å². The third-order valence-corrected chi connectivity index (χ3v) is 11.9. The van der Waals surface area contributed by atoms with Crippen molar-refractivity contribution in [1.29, 1.82) is 0 Å². The SMILES string of the molecule is c1ccc(-c2oc3ccc4c5cc(-c6c7ccccc7c(-c7cccc8ccccc78)c7ccccc67)ccc5sc4c3c2-c2ccccc2)cc1. The maximum atomic E-state index is 6.71. The van der Waals surface area contributed by atoms with Gasteiger partial charge in [-0.15, -0.1) is 11.3 Å². The Bertz CT molecular complexity index is 3100. The fourth-order valence-electron chi connectivity index (χ4n) is 8.42. The molecule has 1 nitrogen and oxygen atoms in total. The van der Waals surface area contributed by atoms with Crippen LogP contribution in [0.1, 0.15) is 0 Å². The number of hydrogen-bond donors (Lipinski definition) is 0. The largest absolute Gasteiger partial charge is 0.455 e. The van der Waals surface area contributed by atoms with Crippen LogP contribution < -0.4 is 0 Å². The summed E-state index contributed by atoms with van der Waals surface area (Å²) < 4.78 is 9.25. The van der Waals surface area contributed by atoms with E-state index in [-0.39, 0.29) is 0 Å². The average molecular weight is 679 g/mol. The second-order valence-corrected chi connectivity index (χ2v) is 14.6. The van der Waals surface area contributed by atoms with Crippen molar-refractivity contribution in [2.24, 2.45) is 0 Å². The number of benzene rings is 9. The van der Waals surface area contributed by atoms with Crippen molar-refractivity contribution >= 4 is 74.8 Å². The van der Waals surface area contributed by atoms with Gasteiger partial charge in [0.2, 0.25) is 0 Å². The van der Waals surface area contributed by atoms with Crippen molar-refractivity contribution in [3.63, 3.8) is 0 Å². The van der Waals surface area contributed by atoms with Gasteiger partial charge in [0.05, 0.1) is 0 Å². The molecule has 0 aliphatic carbocycles. The minimum absolute atomic E-state index is 0.914. The summed E-state index contributed by atoms with van der Waals surface area (Å²) in [4.78, 5) is 0. The van der Waals surface area contributed by atoms with Crippen LogP contribution in [-0.2, 0) is 0 Å². The Hall–Kier alpha value is -6.48. The van der Waals surface area contributed by atoms with Gasteiger partial charge in [-0.05, 0) is 84.4 Å². The summed E-state index contributed by atoms with van der Waals surface area (Å²) >= 11 is 1.86. The predicted octanol–water partition coefficient (Wildman–Crippen LogP) is 14.9. The molecular formula is C50H30OS. The molecule has 11 rings (SSSR count). The zero-order chi connectivity index (χ0) is 34.2. The predicted molar refractivity (Wildman–Crippen MR) is 223 cm³/mol. The van der Waals surface area contributed by atoms with E-state index in [2.05, 4.69) is 182 Å². The molecule has 0 unspecified atom stereocenters. The van der Waals surface area contributed by atoms with Crippen molar-refractivity contribution in [2.45, 2.75) is 0 Å². The number of rotatable bonds is 4. The Balaban J connectivity index is 1.19. The molecule has 0 saturated carbocycles. The second-order valence-electron chi connectivity index (χ2n) is 13.5. The first kappa shape index (κ1) is 29.3. The Labute approximate surface area is 304 Å². The lowest BCUT2D eigenvalue weighted by molar-refractivity contribution is 0.632. The van der Waals surface area contributed by atoms with Crippen molar-refractivity contribution in [3.05, 3.63) is 182 Å². The van der Waals surface area contributed by atoms with E-state index < -0.39 is 0 Å². The zero-order valence-corrected chi connectivity index (χ0v) is 29.0. The van der Waals surface area contributed by atoms with Crippen molar-refractivity contribution in [2.75, 3.05) is 0 Å². The van der Waals surface area contributed by atoms with Crippen LogP contribution in [0.3, 0.4) is 0 Å². The fourth-order valence-corrected chi connectivity index (χ4v) is 9.65. The van der Waals surface area contributed by atoms with E-state index in [1.54, 1.807) is 0 Å². The average Bonchev–Trinajstić information content (AvgIpc) is 3.79. The summed E-state index contributed by atoms with van der Waals surface area (Å²) in [5.41, 5.74) is 9.37. The van der Waals surface area contributed by atoms with Crippen molar-refractivity contribution in [1.82, 2.24) is 0 Å². The standard InChI is InChI=1S/C50H30OS/c1-3-15-32(16-4-1)46-48-43(51-49(46)33-17-5-2-6-18-33)28-27-41-42-30-34(26-29-44(42)52-50(41)48)45-37-21-9-11-23-39(37)47(40-24-12-10-22-38(40)45)36-25-13-19-31-14-7-8-20-35(31)36/h1-30H. The van der Waals surface area contributed by atoms with Gasteiger partial charge in [0.25, 0.3) is 0 Å². The summed E-state index contributed by atoms with van der Waals surface area (Å²) in [7, 11) is 0. The maximum absolute atomic E-state index is 6.71. The number of fused-ring (bicyclic) bond motifs is 8. The van der Waals surface area contributed by atoms with Crippen LogP contribution in [-0.4, -0.2) is 0 Å². The number of thiophene rings is 1. The van der Waals surface area contributed by atoms with Crippen LogP contribution in [0.25, 0.3) is 108 Å². The first-order chi connectivity index (χ1) is 25.8. The molecule has 0 radical (unpaired) electrons. The maximum Gasteiger partial charge on any atom is 0.143 e. The highest BCUT2D eigenvalue weighted by atomic mass is 32.1. The molecule has 2 heterocycles. The summed E-state index contributed by atoms with van der Waals surface area (Å²) in [5, 5.41) is 11.3. The molecule has 0 amide bonds. The lowest BCUT2D eigenvalue weighted by Crippen LogP contribution is -1.91. The van der Waals surface area contributed by atoms with Crippen LogP contribution >= 0.6 is 11.3 Å². The van der Waals surface area contributed by atoms with Crippen molar-refractivity contribution < 1.29 is 4.42 Å². The van der Waals surface area contributed by atoms with Gasteiger partial charge >= 0.3 is 0 Å². The smallest absolute Gasteiger partial charge is 0.143 e. The highest BCUT2D eigenvalue weighted by Crippen LogP contribution is 2.50. The van der Waals surface area contributed by atoms with Crippen LogP contribution in [0.15, 0.2) is 186 Å². The minimum atomic E-state index is 0.914. The van der Waals surface area contributed by atoms with Gasteiger partial charge in [0.1, 0.15) is 11.3 Å². The molecule has 0 bridgehead atoms. The Morgan fingerprint density at radius 1 is 0.365 bits per heavy atom. The quantitative estimate of drug-likeness (QED) is 0.169. The summed E-state index contributed by atoms with van der Waals surface area (Å²) in [6.45, 7) is 0. The molecule has 242 valence electrons. The van der Waals surface area contributed by atoms with E-state index in [1.807, 2.05) is 11.3 Å². The molecule has 0 atom stereocenters. The van der Waals surface area contributed by atoms with Gasteiger partial charge < -0.3 is 4.42 Å². The van der Waals surface area contributed by atoms with Gasteiger partial charge in [0, 0.05) is 36.7 Å². The first-order valence-electron chi connectivity index (χ1n) is 17.8. The summed E-state index contributed by atoms with van der Waals surface area (Å²) in [5.74, 6) is 0.914. The van der Waals surface area contributed by atoms with E-state index >= 15 is 0 Å². The molecule has 0 spiro atoms. The molecule has 0 saturated heterocycles. The number of hydrogen-bond acceptors (Lipinski definition) is 2. The lowest BCUT2D eigenvalue weighted by Gasteiger charge is -2.19. The highest BCUT2D eigenvalue weighted by Gasteiger charge is 2.23. The fraction of sp³-hybridized carbons (Fsp3) is 0. The molecule has 52 heavy (non-hydrogen) atoms. The van der Waals surface area contributed by atoms with Crippen LogP contribution in [0.4, 0.5) is 0 Å². The molecule has 11 aromatic rings. The van der Waals surface area contributed by atoms with Crippen LogP contribution in [0.2, 0.25) is 0 Å². The van der Waals surface area contributed by atoms with E-state index in [0.29, 0.717) is 0 Å². The van der Waals surface area contributed by atoms with Gasteiger partial charge in [-0.1, -0.05) is 158 Å². The third kappa shape index (κ3) is 4.35. The van der Waals surface area contributed by atoms with E-state index in [0.717, 1.165) is 28.0 Å². The molecule has 2 heteroatoms. The Morgan fingerprint density at radius 3 is 1.67 bits per heavy atom. The Morgan fingerprint density at radius 2 is 0.962 bits per heavy atom. The lowest BCUT2D eigenvalue weighted by atomic mass is 9.84. The second kappa shape index (κ2) is 11.5. The molecule has 0 N–H and O–H groups in total. The normalized spacial score (nSPS) is 11.8. The first-order valence-corrected chi connectivity index (χ1v) is 18.6. The van der Waals surface area contributed by atoms with Crippen LogP contribution in [0, 0.1) is 0 Å². The molecule has 9 aromatic carbocycles. The van der Waals surface area contributed by atoms with Gasteiger partial charge in [-0.2, -0.15) is 0 Å². The monoisotopic (exact) mass is 678 g/mol. The molecule has 0 fully saturated rings. The van der Waals surface area contributed by atoms with E-state index in [9.17, 15) is 0 Å². The molecule has 0 aliphatic heterocycles. The third-order valence-electron chi connectivity index (χ3n) is 10.7. The molecule has 2 aromatic heterocycles. The van der Waals surface area contributed by atoms with Crippen molar-refractivity contribution in [3.8, 4) is 44.7 Å². The van der Waals surface area contributed by atoms with Crippen LogP contribution in [0.5, 0.6) is 0 Å². The van der Waals surface area contributed by atoms with Gasteiger partial charge in [-0.25, -0.2) is 0 Å². The van der Waals surface area contributed by atoms with Gasteiger partial charge in [0.15, 0.2) is 0 Å². The summed E-state index contributed by atoms with van der Waals surface area (Å²) in [6.07, 6.45) is 0. The minimum Gasteiger partial charge on any atom is -0.455 e. The van der Waals surface area contributed by atoms with E-state index in [1.165, 1.54) is 80.1 Å². The Kier molecular flexibility index (Phi) is 6.49.